The Morgan fingerprint density at radius 3 is 2.65 bits per heavy atom. The third-order valence-corrected chi connectivity index (χ3v) is 3.15. The molecule has 0 saturated heterocycles. The second-order valence-corrected chi connectivity index (χ2v) is 5.64. The summed E-state index contributed by atoms with van der Waals surface area (Å²) in [5.74, 6) is -0.589. The molecule has 1 aromatic carbocycles. The van der Waals surface area contributed by atoms with Crippen molar-refractivity contribution in [1.82, 2.24) is 5.32 Å². The topological polar surface area (TPSA) is 96.2 Å². The quantitative estimate of drug-likeness (QED) is 0.649. The minimum absolute atomic E-state index is 0.107. The number of anilines is 2. The predicted octanol–water partition coefficient (Wildman–Crippen LogP) is 0.663. The molecule has 1 heterocycles. The Morgan fingerprint density at radius 2 is 2.00 bits per heavy atom. The predicted molar refractivity (Wildman–Crippen MR) is 78.4 cm³/mol. The molecule has 6 nitrogen and oxygen atoms in total. The number of para-hydroxylation sites is 2. The van der Waals surface area contributed by atoms with Crippen LogP contribution in [-0.4, -0.2) is 29.9 Å². The maximum atomic E-state index is 12.2. The van der Waals surface area contributed by atoms with Crippen LogP contribution in [-0.2, 0) is 9.59 Å². The summed E-state index contributed by atoms with van der Waals surface area (Å²) in [6.45, 7) is 4.05. The van der Waals surface area contributed by atoms with Gasteiger partial charge in [-0.2, -0.15) is 0 Å². The zero-order valence-corrected chi connectivity index (χ0v) is 11.7. The molecule has 1 unspecified atom stereocenters. The standard InChI is InChI=1S/C14H20N4O2/c1-14(2,7-12(15)19)18-13(20)11-8-16-9-5-3-4-6-10(9)17-11/h3-6,11,16-17H,7-8H2,1-2H3,(H2,15,19)(H,18,20). The highest BCUT2D eigenvalue weighted by Crippen LogP contribution is 2.25. The van der Waals surface area contributed by atoms with Crippen molar-refractivity contribution in [3.05, 3.63) is 24.3 Å². The van der Waals surface area contributed by atoms with Crippen LogP contribution in [0.3, 0.4) is 0 Å². The number of nitrogens with one attached hydrogen (secondary N) is 3. The van der Waals surface area contributed by atoms with Crippen molar-refractivity contribution in [2.24, 2.45) is 5.73 Å². The monoisotopic (exact) mass is 276 g/mol. The zero-order valence-electron chi connectivity index (χ0n) is 11.7. The van der Waals surface area contributed by atoms with Gasteiger partial charge in [0, 0.05) is 18.5 Å². The molecule has 1 atom stereocenters. The molecule has 0 aromatic heterocycles. The fourth-order valence-corrected chi connectivity index (χ4v) is 2.27. The Labute approximate surface area is 118 Å². The van der Waals surface area contributed by atoms with E-state index >= 15 is 0 Å². The first-order valence-corrected chi connectivity index (χ1v) is 6.57. The lowest BCUT2D eigenvalue weighted by atomic mass is 9.99. The summed E-state index contributed by atoms with van der Waals surface area (Å²) in [4.78, 5) is 23.2. The molecule has 0 spiro atoms. The Kier molecular flexibility index (Phi) is 3.83. The van der Waals surface area contributed by atoms with Crippen molar-refractivity contribution in [3.63, 3.8) is 0 Å². The van der Waals surface area contributed by atoms with Gasteiger partial charge >= 0.3 is 0 Å². The van der Waals surface area contributed by atoms with Gasteiger partial charge in [-0.05, 0) is 26.0 Å². The number of amides is 2. The highest BCUT2D eigenvalue weighted by molar-refractivity contribution is 5.89. The largest absolute Gasteiger partial charge is 0.381 e. The maximum absolute atomic E-state index is 12.2. The fourth-order valence-electron chi connectivity index (χ4n) is 2.27. The van der Waals surface area contributed by atoms with Crippen LogP contribution in [0.5, 0.6) is 0 Å². The molecule has 6 heteroatoms. The van der Waals surface area contributed by atoms with Gasteiger partial charge in [-0.1, -0.05) is 12.1 Å². The summed E-state index contributed by atoms with van der Waals surface area (Å²) in [5.41, 5.74) is 6.40. The van der Waals surface area contributed by atoms with E-state index < -0.39 is 11.4 Å². The number of hydrogen-bond donors (Lipinski definition) is 4. The first-order chi connectivity index (χ1) is 9.37. The van der Waals surface area contributed by atoms with Gasteiger partial charge in [-0.15, -0.1) is 0 Å². The third kappa shape index (κ3) is 3.40. The van der Waals surface area contributed by atoms with E-state index in [0.717, 1.165) is 11.4 Å². The average Bonchev–Trinajstić information content (AvgIpc) is 2.36. The van der Waals surface area contributed by atoms with E-state index in [0.29, 0.717) is 6.54 Å². The van der Waals surface area contributed by atoms with Crippen LogP contribution in [0.15, 0.2) is 24.3 Å². The summed E-state index contributed by atoms with van der Waals surface area (Å²) < 4.78 is 0. The molecule has 0 fully saturated rings. The van der Waals surface area contributed by atoms with Crippen molar-refractivity contribution < 1.29 is 9.59 Å². The number of carbonyl (C=O) groups excluding carboxylic acids is 2. The molecule has 0 bridgehead atoms. The van der Waals surface area contributed by atoms with Crippen LogP contribution in [0, 0.1) is 0 Å². The van der Waals surface area contributed by atoms with Gasteiger partial charge in [0.05, 0.1) is 11.4 Å². The van der Waals surface area contributed by atoms with E-state index in [4.69, 9.17) is 5.73 Å². The van der Waals surface area contributed by atoms with Gasteiger partial charge in [-0.3, -0.25) is 9.59 Å². The summed E-state index contributed by atoms with van der Waals surface area (Å²) in [5, 5.41) is 9.23. The molecular formula is C14H20N4O2. The lowest BCUT2D eigenvalue weighted by Gasteiger charge is -2.31. The average molecular weight is 276 g/mol. The molecule has 108 valence electrons. The van der Waals surface area contributed by atoms with Crippen LogP contribution >= 0.6 is 0 Å². The molecule has 0 saturated carbocycles. The first kappa shape index (κ1) is 14.2. The van der Waals surface area contributed by atoms with Gasteiger partial charge in [0.25, 0.3) is 0 Å². The molecule has 1 aliphatic heterocycles. The van der Waals surface area contributed by atoms with Gasteiger partial charge < -0.3 is 21.7 Å². The second-order valence-electron chi connectivity index (χ2n) is 5.64. The van der Waals surface area contributed by atoms with Crippen molar-refractivity contribution in [3.8, 4) is 0 Å². The minimum atomic E-state index is -0.651. The van der Waals surface area contributed by atoms with E-state index in [1.807, 2.05) is 24.3 Å². The van der Waals surface area contributed by atoms with Crippen molar-refractivity contribution >= 4 is 23.2 Å². The second kappa shape index (κ2) is 5.40. The van der Waals surface area contributed by atoms with E-state index in [1.165, 1.54) is 0 Å². The van der Waals surface area contributed by atoms with Crippen molar-refractivity contribution in [2.45, 2.75) is 31.8 Å². The van der Waals surface area contributed by atoms with E-state index in [1.54, 1.807) is 13.8 Å². The van der Waals surface area contributed by atoms with Crippen LogP contribution in [0.4, 0.5) is 11.4 Å². The third-order valence-electron chi connectivity index (χ3n) is 3.15. The number of primary amides is 1. The lowest BCUT2D eigenvalue weighted by Crippen LogP contribution is -2.54. The summed E-state index contributed by atoms with van der Waals surface area (Å²) >= 11 is 0. The van der Waals surface area contributed by atoms with Gasteiger partial charge in [0.15, 0.2) is 0 Å². The van der Waals surface area contributed by atoms with Crippen LogP contribution in [0.2, 0.25) is 0 Å². The first-order valence-electron chi connectivity index (χ1n) is 6.57. The van der Waals surface area contributed by atoms with E-state index in [2.05, 4.69) is 16.0 Å². The molecule has 0 aliphatic carbocycles. The smallest absolute Gasteiger partial charge is 0.244 e. The van der Waals surface area contributed by atoms with Crippen molar-refractivity contribution in [2.75, 3.05) is 17.2 Å². The SMILES string of the molecule is CC(C)(CC(N)=O)NC(=O)C1CNc2ccccc2N1. The maximum Gasteiger partial charge on any atom is 0.244 e. The van der Waals surface area contributed by atoms with Gasteiger partial charge in [0.1, 0.15) is 6.04 Å². The molecule has 1 aliphatic rings. The molecule has 2 rings (SSSR count). The van der Waals surface area contributed by atoms with E-state index in [9.17, 15) is 9.59 Å². The number of benzene rings is 1. The highest BCUT2D eigenvalue weighted by atomic mass is 16.2. The lowest BCUT2D eigenvalue weighted by molar-refractivity contribution is -0.124. The van der Waals surface area contributed by atoms with Crippen LogP contribution in [0.1, 0.15) is 20.3 Å². The molecule has 5 N–H and O–H groups in total. The van der Waals surface area contributed by atoms with Gasteiger partial charge in [-0.25, -0.2) is 0 Å². The molecule has 2 amide bonds. The summed E-state index contributed by atoms with van der Waals surface area (Å²) in [7, 11) is 0. The van der Waals surface area contributed by atoms with Crippen LogP contribution < -0.4 is 21.7 Å². The summed E-state index contributed by atoms with van der Waals surface area (Å²) in [6, 6.07) is 7.33. The van der Waals surface area contributed by atoms with Crippen LogP contribution in [0.25, 0.3) is 0 Å². The number of carbonyl (C=O) groups is 2. The molecular weight excluding hydrogens is 256 g/mol. The Bertz CT molecular complexity index is 528. The number of hydrogen-bond acceptors (Lipinski definition) is 4. The van der Waals surface area contributed by atoms with Gasteiger partial charge in [0.2, 0.25) is 11.8 Å². The summed E-state index contributed by atoms with van der Waals surface area (Å²) in [6.07, 6.45) is 0.107. The normalized spacial score (nSPS) is 17.4. The van der Waals surface area contributed by atoms with Crippen molar-refractivity contribution in [1.29, 1.82) is 0 Å². The molecule has 20 heavy (non-hydrogen) atoms. The minimum Gasteiger partial charge on any atom is -0.381 e. The molecule has 1 aromatic rings. The Morgan fingerprint density at radius 1 is 1.35 bits per heavy atom. The molecule has 0 radical (unpaired) electrons. The zero-order chi connectivity index (χ0) is 14.8. The fraction of sp³-hybridized carbons (Fsp3) is 0.429. The number of rotatable bonds is 4. The highest BCUT2D eigenvalue weighted by Gasteiger charge is 2.29. The van der Waals surface area contributed by atoms with E-state index in [-0.39, 0.29) is 18.4 Å². The Balaban J connectivity index is 2.00. The number of nitrogens with two attached hydrogens (primary N) is 1. The Hall–Kier alpha value is -2.24. The number of fused-ring (bicyclic) bond motifs is 1.